The van der Waals surface area contributed by atoms with Crippen LogP contribution in [-0.4, -0.2) is 41.1 Å². The first kappa shape index (κ1) is 19.9. The van der Waals surface area contributed by atoms with Crippen LogP contribution in [0.4, 0.5) is 5.69 Å². The molecular formula is C19H24N2O4S. The van der Waals surface area contributed by atoms with Crippen molar-refractivity contribution >= 4 is 21.6 Å². The van der Waals surface area contributed by atoms with Gasteiger partial charge in [-0.3, -0.25) is 9.10 Å². The number of carbonyl (C=O) groups is 1. The quantitative estimate of drug-likeness (QED) is 0.717. The van der Waals surface area contributed by atoms with Gasteiger partial charge >= 0.3 is 0 Å². The highest BCUT2D eigenvalue weighted by Crippen LogP contribution is 2.27. The van der Waals surface area contributed by atoms with Crippen molar-refractivity contribution in [2.75, 3.05) is 31.1 Å². The van der Waals surface area contributed by atoms with Crippen LogP contribution in [-0.2, 0) is 19.6 Å². The van der Waals surface area contributed by atoms with Crippen LogP contribution in [0.25, 0.3) is 0 Å². The number of benzene rings is 2. The van der Waals surface area contributed by atoms with Gasteiger partial charge in [-0.25, -0.2) is 8.42 Å². The smallest absolute Gasteiger partial charge is 0.264 e. The van der Waals surface area contributed by atoms with Crippen molar-refractivity contribution in [3.63, 3.8) is 0 Å². The number of hydrogen-bond acceptors (Lipinski definition) is 4. The molecule has 0 aliphatic heterocycles. The number of hydrogen-bond donors (Lipinski definition) is 1. The van der Waals surface area contributed by atoms with Crippen LogP contribution in [0.2, 0.25) is 0 Å². The average molecular weight is 376 g/mol. The lowest BCUT2D eigenvalue weighted by Crippen LogP contribution is -2.42. The maximum Gasteiger partial charge on any atom is 0.264 e. The largest absolute Gasteiger partial charge is 0.383 e. The van der Waals surface area contributed by atoms with E-state index in [0.717, 1.165) is 15.4 Å². The first-order valence-corrected chi connectivity index (χ1v) is 9.71. The molecule has 7 heteroatoms. The Morgan fingerprint density at radius 3 is 2.42 bits per heavy atom. The number of carbonyl (C=O) groups excluding carboxylic acids is 1. The number of ether oxygens (including phenoxy) is 1. The zero-order valence-electron chi connectivity index (χ0n) is 15.2. The molecule has 0 aliphatic rings. The molecule has 2 aromatic rings. The Morgan fingerprint density at radius 2 is 1.81 bits per heavy atom. The fourth-order valence-electron chi connectivity index (χ4n) is 2.58. The van der Waals surface area contributed by atoms with E-state index in [0.29, 0.717) is 18.8 Å². The summed E-state index contributed by atoms with van der Waals surface area (Å²) in [6.45, 7) is 4.15. The summed E-state index contributed by atoms with van der Waals surface area (Å²) in [5, 5.41) is 2.67. The van der Waals surface area contributed by atoms with Gasteiger partial charge in [0.15, 0.2) is 0 Å². The molecule has 0 aliphatic carbocycles. The average Bonchev–Trinajstić information content (AvgIpc) is 2.61. The van der Waals surface area contributed by atoms with Gasteiger partial charge in [0.2, 0.25) is 5.91 Å². The van der Waals surface area contributed by atoms with Gasteiger partial charge in [0, 0.05) is 13.7 Å². The Kier molecular flexibility index (Phi) is 6.76. The summed E-state index contributed by atoms with van der Waals surface area (Å²) >= 11 is 0. The number of nitrogens with zero attached hydrogens (tertiary/aromatic N) is 1. The van der Waals surface area contributed by atoms with Gasteiger partial charge in [0.25, 0.3) is 10.0 Å². The summed E-state index contributed by atoms with van der Waals surface area (Å²) in [6.07, 6.45) is 0. The Morgan fingerprint density at radius 1 is 1.12 bits per heavy atom. The minimum absolute atomic E-state index is 0.143. The minimum atomic E-state index is -3.87. The molecule has 0 heterocycles. The molecule has 0 aromatic heterocycles. The first-order chi connectivity index (χ1) is 12.4. The summed E-state index contributed by atoms with van der Waals surface area (Å²) in [6, 6.07) is 13.6. The number of amides is 1. The van der Waals surface area contributed by atoms with Gasteiger partial charge in [0.05, 0.1) is 17.2 Å². The number of rotatable bonds is 8. The molecular weight excluding hydrogens is 352 g/mol. The highest BCUT2D eigenvalue weighted by Gasteiger charge is 2.28. The van der Waals surface area contributed by atoms with E-state index in [2.05, 4.69) is 5.32 Å². The topological polar surface area (TPSA) is 75.7 Å². The van der Waals surface area contributed by atoms with Gasteiger partial charge in [-0.2, -0.15) is 0 Å². The summed E-state index contributed by atoms with van der Waals surface area (Å²) in [5.74, 6) is -0.387. The van der Waals surface area contributed by atoms with Crippen molar-refractivity contribution in [2.24, 2.45) is 0 Å². The molecule has 1 amide bonds. The standard InChI is InChI=1S/C19H24N2O4S/c1-15-9-10-18(16(2)13-15)21(14-19(22)20-11-12-25-3)26(23,24)17-7-5-4-6-8-17/h4-10,13H,11-12,14H2,1-3H3,(H,20,22). The van der Waals surface area contributed by atoms with E-state index in [4.69, 9.17) is 4.74 Å². The van der Waals surface area contributed by atoms with Gasteiger partial charge < -0.3 is 10.1 Å². The van der Waals surface area contributed by atoms with E-state index < -0.39 is 10.0 Å². The lowest BCUT2D eigenvalue weighted by molar-refractivity contribution is -0.119. The van der Waals surface area contributed by atoms with Crippen LogP contribution in [0.1, 0.15) is 11.1 Å². The zero-order chi connectivity index (χ0) is 19.2. The second kappa shape index (κ2) is 8.82. The molecule has 2 aromatic carbocycles. The molecule has 0 unspecified atom stereocenters. The van der Waals surface area contributed by atoms with E-state index in [1.54, 1.807) is 24.3 Å². The van der Waals surface area contributed by atoms with Gasteiger partial charge in [-0.05, 0) is 37.6 Å². The molecule has 6 nitrogen and oxygen atoms in total. The first-order valence-electron chi connectivity index (χ1n) is 8.27. The number of anilines is 1. The van der Waals surface area contributed by atoms with E-state index >= 15 is 0 Å². The number of sulfonamides is 1. The van der Waals surface area contributed by atoms with E-state index in [1.807, 2.05) is 26.0 Å². The summed E-state index contributed by atoms with van der Waals surface area (Å²) in [4.78, 5) is 12.4. The predicted octanol–water partition coefficient (Wildman–Crippen LogP) is 2.26. The normalized spacial score (nSPS) is 11.2. The maximum atomic E-state index is 13.2. The number of nitrogens with one attached hydrogen (secondary N) is 1. The van der Waals surface area contributed by atoms with Crippen molar-refractivity contribution < 1.29 is 17.9 Å². The Bertz CT molecular complexity index is 851. The van der Waals surface area contributed by atoms with Crippen LogP contribution in [0, 0.1) is 13.8 Å². The van der Waals surface area contributed by atoms with Gasteiger partial charge in [0.1, 0.15) is 6.54 Å². The van der Waals surface area contributed by atoms with E-state index in [-0.39, 0.29) is 17.3 Å². The summed E-state index contributed by atoms with van der Waals surface area (Å²) < 4.78 is 32.4. The lowest BCUT2D eigenvalue weighted by atomic mass is 10.1. The second-order valence-corrected chi connectivity index (χ2v) is 7.82. The predicted molar refractivity (Wildman–Crippen MR) is 102 cm³/mol. The minimum Gasteiger partial charge on any atom is -0.383 e. The van der Waals surface area contributed by atoms with Crippen LogP contribution in [0.5, 0.6) is 0 Å². The molecule has 0 fully saturated rings. The van der Waals surface area contributed by atoms with Crippen LogP contribution >= 0.6 is 0 Å². The van der Waals surface area contributed by atoms with Crippen molar-refractivity contribution in [3.05, 3.63) is 59.7 Å². The van der Waals surface area contributed by atoms with Crippen molar-refractivity contribution in [2.45, 2.75) is 18.7 Å². The molecule has 0 radical (unpaired) electrons. The Labute approximate surface area is 154 Å². The molecule has 0 saturated carbocycles. The SMILES string of the molecule is COCCNC(=O)CN(c1ccc(C)cc1C)S(=O)(=O)c1ccccc1. The molecule has 2 rings (SSSR count). The molecule has 0 saturated heterocycles. The Balaban J connectivity index is 2.40. The highest BCUT2D eigenvalue weighted by atomic mass is 32.2. The van der Waals surface area contributed by atoms with Crippen molar-refractivity contribution in [3.8, 4) is 0 Å². The molecule has 0 spiro atoms. The molecule has 0 bridgehead atoms. The van der Waals surface area contributed by atoms with E-state index in [9.17, 15) is 13.2 Å². The van der Waals surface area contributed by atoms with E-state index in [1.165, 1.54) is 19.2 Å². The zero-order valence-corrected chi connectivity index (χ0v) is 16.0. The highest BCUT2D eigenvalue weighted by molar-refractivity contribution is 7.92. The third kappa shape index (κ3) is 4.83. The summed E-state index contributed by atoms with van der Waals surface area (Å²) in [7, 11) is -2.34. The molecule has 0 atom stereocenters. The van der Waals surface area contributed by atoms with Crippen molar-refractivity contribution in [1.29, 1.82) is 0 Å². The third-order valence-corrected chi connectivity index (χ3v) is 5.64. The fourth-order valence-corrected chi connectivity index (χ4v) is 4.09. The summed E-state index contributed by atoms with van der Waals surface area (Å²) in [5.41, 5.74) is 2.29. The van der Waals surface area contributed by atoms with Crippen LogP contribution in [0.15, 0.2) is 53.4 Å². The lowest BCUT2D eigenvalue weighted by Gasteiger charge is -2.26. The monoisotopic (exact) mass is 376 g/mol. The van der Waals surface area contributed by atoms with Crippen LogP contribution < -0.4 is 9.62 Å². The third-order valence-electron chi connectivity index (χ3n) is 3.87. The van der Waals surface area contributed by atoms with Crippen LogP contribution in [0.3, 0.4) is 0 Å². The molecule has 140 valence electrons. The number of methoxy groups -OCH3 is 1. The molecule has 1 N–H and O–H groups in total. The maximum absolute atomic E-state index is 13.2. The molecule has 26 heavy (non-hydrogen) atoms. The van der Waals surface area contributed by atoms with Crippen molar-refractivity contribution in [1.82, 2.24) is 5.32 Å². The second-order valence-electron chi connectivity index (χ2n) is 5.96. The number of aryl methyl sites for hydroxylation is 2. The Hall–Kier alpha value is -2.38. The van der Waals surface area contributed by atoms with Gasteiger partial charge in [-0.15, -0.1) is 0 Å². The fraction of sp³-hybridized carbons (Fsp3) is 0.316. The van der Waals surface area contributed by atoms with Gasteiger partial charge in [-0.1, -0.05) is 35.9 Å².